The summed E-state index contributed by atoms with van der Waals surface area (Å²) in [5, 5.41) is 3.97. The first-order valence-corrected chi connectivity index (χ1v) is 9.31. The highest BCUT2D eigenvalue weighted by Crippen LogP contribution is 2.20. The Bertz CT molecular complexity index is 1050. The number of carbonyl (C=O) groups excluding carboxylic acids is 3. The number of halogens is 1. The summed E-state index contributed by atoms with van der Waals surface area (Å²) in [7, 11) is 1.46. The molecule has 2 aromatic carbocycles. The second kappa shape index (κ2) is 9.25. The van der Waals surface area contributed by atoms with E-state index in [2.05, 4.69) is 10.3 Å². The van der Waals surface area contributed by atoms with Crippen molar-refractivity contribution in [3.8, 4) is 0 Å². The van der Waals surface area contributed by atoms with Crippen LogP contribution in [0.15, 0.2) is 54.7 Å². The molecule has 2 N–H and O–H groups in total. The molecule has 0 bridgehead atoms. The summed E-state index contributed by atoms with van der Waals surface area (Å²) < 4.78 is 5.07. The Balaban J connectivity index is 1.46. The number of hydrogen-bond donors (Lipinski definition) is 2. The molecule has 3 aromatic rings. The molecule has 7 nitrogen and oxygen atoms in total. The van der Waals surface area contributed by atoms with Gasteiger partial charge < -0.3 is 19.9 Å². The van der Waals surface area contributed by atoms with Crippen LogP contribution in [-0.4, -0.2) is 47.9 Å². The van der Waals surface area contributed by atoms with Crippen molar-refractivity contribution in [2.45, 2.75) is 6.42 Å². The lowest BCUT2D eigenvalue weighted by atomic mass is 10.1. The number of rotatable bonds is 7. The van der Waals surface area contributed by atoms with Crippen molar-refractivity contribution in [3.05, 3.63) is 65.3 Å². The number of nitrogens with one attached hydrogen (secondary N) is 2. The SMILES string of the molecule is CN(CC(=O)Nc1ccccc1Cl)C(=O)COC(=O)Cc1c[nH]c2ccccc12. The second-order valence-corrected chi connectivity index (χ2v) is 6.88. The van der Waals surface area contributed by atoms with Crippen LogP contribution in [0.25, 0.3) is 10.9 Å². The van der Waals surface area contributed by atoms with Gasteiger partial charge in [0.15, 0.2) is 6.61 Å². The van der Waals surface area contributed by atoms with E-state index >= 15 is 0 Å². The van der Waals surface area contributed by atoms with Crippen molar-refractivity contribution < 1.29 is 19.1 Å². The van der Waals surface area contributed by atoms with E-state index < -0.39 is 24.4 Å². The summed E-state index contributed by atoms with van der Waals surface area (Å²) in [6.45, 7) is -0.624. The number of carbonyl (C=O) groups is 3. The normalized spacial score (nSPS) is 10.6. The number of esters is 1. The number of H-pyrrole nitrogens is 1. The maximum atomic E-state index is 12.2. The molecule has 150 valence electrons. The summed E-state index contributed by atoms with van der Waals surface area (Å²) in [6.07, 6.45) is 1.80. The highest BCUT2D eigenvalue weighted by Gasteiger charge is 2.17. The maximum Gasteiger partial charge on any atom is 0.310 e. The maximum absolute atomic E-state index is 12.2. The minimum atomic E-state index is -0.517. The van der Waals surface area contributed by atoms with Gasteiger partial charge in [-0.3, -0.25) is 14.4 Å². The summed E-state index contributed by atoms with van der Waals surface area (Å²) in [6, 6.07) is 14.4. The summed E-state index contributed by atoms with van der Waals surface area (Å²) in [4.78, 5) is 40.6. The summed E-state index contributed by atoms with van der Waals surface area (Å²) >= 11 is 5.99. The van der Waals surface area contributed by atoms with Gasteiger partial charge in [-0.05, 0) is 23.8 Å². The zero-order chi connectivity index (χ0) is 20.8. The third-order valence-electron chi connectivity index (χ3n) is 4.32. The molecule has 1 aromatic heterocycles. The van der Waals surface area contributed by atoms with E-state index in [9.17, 15) is 14.4 Å². The molecule has 0 fully saturated rings. The van der Waals surface area contributed by atoms with Gasteiger partial charge in [-0.15, -0.1) is 0 Å². The van der Waals surface area contributed by atoms with Crippen molar-refractivity contribution in [1.82, 2.24) is 9.88 Å². The third kappa shape index (κ3) is 5.36. The monoisotopic (exact) mass is 413 g/mol. The van der Waals surface area contributed by atoms with Crippen molar-refractivity contribution in [1.29, 1.82) is 0 Å². The number of nitrogens with zero attached hydrogens (tertiary/aromatic N) is 1. The second-order valence-electron chi connectivity index (χ2n) is 6.47. The lowest BCUT2D eigenvalue weighted by molar-refractivity contribution is -0.151. The fourth-order valence-corrected chi connectivity index (χ4v) is 2.98. The van der Waals surface area contributed by atoms with Gasteiger partial charge in [0.05, 0.1) is 23.7 Å². The fraction of sp³-hybridized carbons (Fsp3) is 0.190. The summed E-state index contributed by atoms with van der Waals surface area (Å²) in [5.41, 5.74) is 2.19. The molecular formula is C21H20ClN3O4. The Morgan fingerprint density at radius 1 is 1.10 bits per heavy atom. The first kappa shape index (κ1) is 20.4. The van der Waals surface area contributed by atoms with E-state index in [1.54, 1.807) is 30.5 Å². The molecule has 0 spiro atoms. The van der Waals surface area contributed by atoms with Gasteiger partial charge in [-0.25, -0.2) is 0 Å². The molecule has 0 aliphatic rings. The van der Waals surface area contributed by atoms with Gasteiger partial charge in [0.1, 0.15) is 0 Å². The number of aromatic nitrogens is 1. The highest BCUT2D eigenvalue weighted by atomic mass is 35.5. The Morgan fingerprint density at radius 2 is 1.83 bits per heavy atom. The number of amides is 2. The number of aromatic amines is 1. The lowest BCUT2D eigenvalue weighted by Gasteiger charge is -2.17. The van der Waals surface area contributed by atoms with E-state index in [4.69, 9.17) is 16.3 Å². The number of fused-ring (bicyclic) bond motifs is 1. The molecule has 29 heavy (non-hydrogen) atoms. The molecule has 0 atom stereocenters. The molecule has 0 radical (unpaired) electrons. The van der Waals surface area contributed by atoms with Gasteiger partial charge in [0, 0.05) is 24.1 Å². The predicted molar refractivity (Wildman–Crippen MR) is 111 cm³/mol. The molecule has 0 unspecified atom stereocenters. The van der Waals surface area contributed by atoms with Gasteiger partial charge in [-0.2, -0.15) is 0 Å². The van der Waals surface area contributed by atoms with Crippen LogP contribution < -0.4 is 5.32 Å². The molecule has 3 rings (SSSR count). The molecule has 0 saturated heterocycles. The van der Waals surface area contributed by atoms with E-state index in [1.165, 1.54) is 11.9 Å². The Morgan fingerprint density at radius 3 is 2.62 bits per heavy atom. The Hall–Kier alpha value is -3.32. The first-order valence-electron chi connectivity index (χ1n) is 8.93. The van der Waals surface area contributed by atoms with E-state index in [-0.39, 0.29) is 13.0 Å². The number of benzene rings is 2. The van der Waals surface area contributed by atoms with Crippen LogP contribution in [0.2, 0.25) is 5.02 Å². The minimum absolute atomic E-state index is 0.0496. The highest BCUT2D eigenvalue weighted by molar-refractivity contribution is 6.33. The standard InChI is InChI=1S/C21H20ClN3O4/c1-25(12-19(26)24-18-9-5-3-7-16(18)22)20(27)13-29-21(28)10-14-11-23-17-8-4-2-6-15(14)17/h2-9,11,23H,10,12-13H2,1H3,(H,24,26). The lowest BCUT2D eigenvalue weighted by Crippen LogP contribution is -2.37. The minimum Gasteiger partial charge on any atom is -0.455 e. The van der Waals surface area contributed by atoms with Crippen LogP contribution in [0.4, 0.5) is 5.69 Å². The number of likely N-dealkylation sites (N-methyl/N-ethyl adjacent to an activating group) is 1. The van der Waals surface area contributed by atoms with Crippen LogP contribution in [0.3, 0.4) is 0 Å². The smallest absolute Gasteiger partial charge is 0.310 e. The average molecular weight is 414 g/mol. The van der Waals surface area contributed by atoms with Crippen LogP contribution in [0.1, 0.15) is 5.56 Å². The number of para-hydroxylation sites is 2. The average Bonchev–Trinajstić information content (AvgIpc) is 3.10. The van der Waals surface area contributed by atoms with Crippen molar-refractivity contribution in [2.24, 2.45) is 0 Å². The topological polar surface area (TPSA) is 91.5 Å². The number of ether oxygens (including phenoxy) is 1. The van der Waals surface area contributed by atoms with Crippen molar-refractivity contribution in [2.75, 3.05) is 25.5 Å². The summed E-state index contributed by atoms with van der Waals surface area (Å²) in [5.74, 6) is -1.40. The molecular weight excluding hydrogens is 394 g/mol. The van der Waals surface area contributed by atoms with E-state index in [0.29, 0.717) is 10.7 Å². The number of anilines is 1. The third-order valence-corrected chi connectivity index (χ3v) is 4.65. The Kier molecular flexibility index (Phi) is 6.51. The zero-order valence-electron chi connectivity index (χ0n) is 15.8. The Labute approximate surface area is 172 Å². The largest absolute Gasteiger partial charge is 0.455 e. The van der Waals surface area contributed by atoms with Crippen LogP contribution in [0.5, 0.6) is 0 Å². The zero-order valence-corrected chi connectivity index (χ0v) is 16.5. The first-order chi connectivity index (χ1) is 13.9. The van der Waals surface area contributed by atoms with Crippen LogP contribution >= 0.6 is 11.6 Å². The molecule has 8 heteroatoms. The number of hydrogen-bond acceptors (Lipinski definition) is 4. The van der Waals surface area contributed by atoms with E-state index in [1.807, 2.05) is 24.3 Å². The molecule has 2 amide bonds. The molecule has 1 heterocycles. The quantitative estimate of drug-likeness (QED) is 0.582. The van der Waals surface area contributed by atoms with Gasteiger partial charge in [0.2, 0.25) is 5.91 Å². The van der Waals surface area contributed by atoms with Gasteiger partial charge in [-0.1, -0.05) is 41.9 Å². The molecule has 0 saturated carbocycles. The van der Waals surface area contributed by atoms with Crippen molar-refractivity contribution in [3.63, 3.8) is 0 Å². The van der Waals surface area contributed by atoms with Crippen LogP contribution in [-0.2, 0) is 25.5 Å². The van der Waals surface area contributed by atoms with Crippen LogP contribution in [0, 0.1) is 0 Å². The van der Waals surface area contributed by atoms with Gasteiger partial charge in [0.25, 0.3) is 5.91 Å². The predicted octanol–water partition coefficient (Wildman–Crippen LogP) is 3.00. The molecule has 0 aliphatic heterocycles. The fourth-order valence-electron chi connectivity index (χ4n) is 2.79. The van der Waals surface area contributed by atoms with Gasteiger partial charge >= 0.3 is 5.97 Å². The van der Waals surface area contributed by atoms with Crippen molar-refractivity contribution >= 4 is 46.0 Å². The molecule has 0 aliphatic carbocycles. The van der Waals surface area contributed by atoms with E-state index in [0.717, 1.165) is 16.5 Å².